The Hall–Kier alpha value is -1.42. The van der Waals surface area contributed by atoms with Crippen LogP contribution in [0.5, 0.6) is 0 Å². The summed E-state index contributed by atoms with van der Waals surface area (Å²) in [6.07, 6.45) is 4.57. The molecule has 0 bridgehead atoms. The molecule has 2 heterocycles. The molecule has 0 aliphatic heterocycles. The molecular weight excluding hydrogens is 224 g/mol. The molecule has 96 valence electrons. The smallest absolute Gasteiger partial charge is 0.157 e. The van der Waals surface area contributed by atoms with E-state index < -0.39 is 0 Å². The average molecular weight is 244 g/mol. The summed E-state index contributed by atoms with van der Waals surface area (Å²) in [6.45, 7) is 5.26. The average Bonchev–Trinajstić information content (AvgIpc) is 2.59. The largest absolute Gasteiger partial charge is 0.310 e. The molecule has 0 spiro atoms. The normalized spacial score (nSPS) is 23.3. The number of aromatic nitrogens is 3. The van der Waals surface area contributed by atoms with Gasteiger partial charge >= 0.3 is 0 Å². The molecule has 3 rings (SSSR count). The molecular formula is C14H20N4. The van der Waals surface area contributed by atoms with Crippen LogP contribution in [-0.4, -0.2) is 20.8 Å². The first-order valence-corrected chi connectivity index (χ1v) is 6.65. The van der Waals surface area contributed by atoms with Crippen molar-refractivity contribution in [3.05, 3.63) is 23.5 Å². The van der Waals surface area contributed by atoms with Gasteiger partial charge in [0, 0.05) is 31.2 Å². The first-order valence-electron chi connectivity index (χ1n) is 6.65. The number of pyridine rings is 1. The van der Waals surface area contributed by atoms with Gasteiger partial charge in [-0.25, -0.2) is 4.98 Å². The van der Waals surface area contributed by atoms with Gasteiger partial charge in [-0.1, -0.05) is 6.92 Å². The maximum absolute atomic E-state index is 4.50. The Morgan fingerprint density at radius 2 is 2.22 bits per heavy atom. The Kier molecular flexibility index (Phi) is 2.82. The van der Waals surface area contributed by atoms with Crippen molar-refractivity contribution in [2.45, 2.75) is 39.3 Å². The number of aryl methyl sites for hydroxylation is 2. The zero-order valence-corrected chi connectivity index (χ0v) is 11.3. The van der Waals surface area contributed by atoms with Crippen LogP contribution < -0.4 is 5.32 Å². The van der Waals surface area contributed by atoms with Crippen molar-refractivity contribution in [1.29, 1.82) is 0 Å². The van der Waals surface area contributed by atoms with Gasteiger partial charge in [0.1, 0.15) is 0 Å². The van der Waals surface area contributed by atoms with Gasteiger partial charge in [0.2, 0.25) is 0 Å². The van der Waals surface area contributed by atoms with Crippen molar-refractivity contribution in [3.63, 3.8) is 0 Å². The summed E-state index contributed by atoms with van der Waals surface area (Å²) in [5.74, 6) is 0.892. The van der Waals surface area contributed by atoms with E-state index in [1.807, 2.05) is 24.9 Å². The summed E-state index contributed by atoms with van der Waals surface area (Å²) in [5, 5.41) is 9.15. The van der Waals surface area contributed by atoms with Crippen LogP contribution in [0.15, 0.2) is 12.3 Å². The van der Waals surface area contributed by atoms with Crippen molar-refractivity contribution in [3.8, 4) is 0 Å². The zero-order chi connectivity index (χ0) is 12.7. The first kappa shape index (κ1) is 11.7. The monoisotopic (exact) mass is 244 g/mol. The van der Waals surface area contributed by atoms with Crippen molar-refractivity contribution < 1.29 is 0 Å². The predicted octanol–water partition coefficient (Wildman–Crippen LogP) is 2.16. The fraction of sp³-hybridized carbons (Fsp3) is 0.571. The first-order chi connectivity index (χ1) is 8.63. The number of nitrogens with zero attached hydrogens (tertiary/aromatic N) is 3. The molecule has 0 saturated heterocycles. The molecule has 0 amide bonds. The molecule has 2 aromatic rings. The van der Waals surface area contributed by atoms with Crippen LogP contribution in [0.25, 0.3) is 11.0 Å². The second-order valence-electron chi connectivity index (χ2n) is 5.58. The highest BCUT2D eigenvalue weighted by Crippen LogP contribution is 2.26. The highest BCUT2D eigenvalue weighted by atomic mass is 15.3. The molecule has 4 heteroatoms. The second kappa shape index (κ2) is 4.35. The zero-order valence-electron chi connectivity index (χ0n) is 11.3. The molecule has 18 heavy (non-hydrogen) atoms. The van der Waals surface area contributed by atoms with E-state index in [1.165, 1.54) is 23.8 Å². The summed E-state index contributed by atoms with van der Waals surface area (Å²) < 4.78 is 1.84. The highest BCUT2D eigenvalue weighted by molar-refractivity contribution is 5.78. The highest BCUT2D eigenvalue weighted by Gasteiger charge is 2.24. The number of hydrogen-bond acceptors (Lipinski definition) is 3. The van der Waals surface area contributed by atoms with Crippen molar-refractivity contribution >= 4 is 11.0 Å². The summed E-state index contributed by atoms with van der Waals surface area (Å²) >= 11 is 0. The topological polar surface area (TPSA) is 42.7 Å². The van der Waals surface area contributed by atoms with Gasteiger partial charge in [-0.05, 0) is 37.3 Å². The van der Waals surface area contributed by atoms with Gasteiger partial charge in [-0.2, -0.15) is 5.10 Å². The summed E-state index contributed by atoms with van der Waals surface area (Å²) in [6, 6.07) is 2.91. The predicted molar refractivity (Wildman–Crippen MR) is 72.3 cm³/mol. The molecule has 0 atom stereocenters. The third kappa shape index (κ3) is 2.01. The number of fused-ring (bicyclic) bond motifs is 1. The minimum atomic E-state index is 0.700. The van der Waals surface area contributed by atoms with Crippen LogP contribution in [0.2, 0.25) is 0 Å². The number of hydrogen-bond donors (Lipinski definition) is 1. The Bertz CT molecular complexity index is 566. The Morgan fingerprint density at radius 3 is 2.94 bits per heavy atom. The van der Waals surface area contributed by atoms with E-state index >= 15 is 0 Å². The van der Waals surface area contributed by atoms with E-state index in [2.05, 4.69) is 28.4 Å². The summed E-state index contributed by atoms with van der Waals surface area (Å²) in [5.41, 5.74) is 3.27. The van der Waals surface area contributed by atoms with Crippen LogP contribution >= 0.6 is 0 Å². The lowest BCUT2D eigenvalue weighted by Gasteiger charge is -2.33. The van der Waals surface area contributed by atoms with Gasteiger partial charge in [0.15, 0.2) is 5.65 Å². The summed E-state index contributed by atoms with van der Waals surface area (Å²) in [4.78, 5) is 4.50. The fourth-order valence-electron chi connectivity index (χ4n) is 2.78. The lowest BCUT2D eigenvalue weighted by molar-refractivity contribution is 0.240. The molecule has 0 radical (unpaired) electrons. The molecule has 1 saturated carbocycles. The Morgan fingerprint density at radius 1 is 1.44 bits per heavy atom. The minimum Gasteiger partial charge on any atom is -0.310 e. The lowest BCUT2D eigenvalue weighted by Crippen LogP contribution is -2.39. The molecule has 0 unspecified atom stereocenters. The van der Waals surface area contributed by atoms with Gasteiger partial charge in [0.25, 0.3) is 0 Å². The Labute approximate surface area is 107 Å². The third-order valence-corrected chi connectivity index (χ3v) is 3.89. The van der Waals surface area contributed by atoms with E-state index in [9.17, 15) is 0 Å². The molecule has 1 aliphatic rings. The fourth-order valence-corrected chi connectivity index (χ4v) is 2.78. The number of rotatable bonds is 3. The SMILES string of the molecule is Cc1nn(C)c2ncc(CNC3CC(C)C3)cc12. The molecule has 4 nitrogen and oxygen atoms in total. The molecule has 2 aromatic heterocycles. The van der Waals surface area contributed by atoms with E-state index in [-0.39, 0.29) is 0 Å². The van der Waals surface area contributed by atoms with Gasteiger partial charge in [-0.3, -0.25) is 4.68 Å². The molecule has 1 fully saturated rings. The van der Waals surface area contributed by atoms with E-state index in [1.54, 1.807) is 0 Å². The van der Waals surface area contributed by atoms with Crippen molar-refractivity contribution in [2.24, 2.45) is 13.0 Å². The quantitative estimate of drug-likeness (QED) is 0.899. The van der Waals surface area contributed by atoms with Crippen molar-refractivity contribution in [1.82, 2.24) is 20.1 Å². The van der Waals surface area contributed by atoms with E-state index in [0.29, 0.717) is 6.04 Å². The molecule has 1 aliphatic carbocycles. The maximum atomic E-state index is 4.50. The van der Waals surface area contributed by atoms with Crippen LogP contribution in [-0.2, 0) is 13.6 Å². The van der Waals surface area contributed by atoms with E-state index in [0.717, 1.165) is 23.8 Å². The lowest BCUT2D eigenvalue weighted by atomic mass is 9.82. The molecule has 1 N–H and O–H groups in total. The van der Waals surface area contributed by atoms with Gasteiger partial charge in [-0.15, -0.1) is 0 Å². The van der Waals surface area contributed by atoms with Gasteiger partial charge < -0.3 is 5.32 Å². The number of nitrogens with one attached hydrogen (secondary N) is 1. The summed E-state index contributed by atoms with van der Waals surface area (Å²) in [7, 11) is 1.94. The Balaban J connectivity index is 1.74. The second-order valence-corrected chi connectivity index (χ2v) is 5.58. The van der Waals surface area contributed by atoms with Gasteiger partial charge in [0.05, 0.1) is 5.69 Å². The van der Waals surface area contributed by atoms with Crippen LogP contribution in [0.1, 0.15) is 31.0 Å². The van der Waals surface area contributed by atoms with E-state index in [4.69, 9.17) is 0 Å². The minimum absolute atomic E-state index is 0.700. The molecule has 0 aromatic carbocycles. The van der Waals surface area contributed by atoms with Crippen LogP contribution in [0.3, 0.4) is 0 Å². The standard InChI is InChI=1S/C14H20N4/c1-9-4-12(5-9)15-7-11-6-13-10(2)17-18(3)14(13)16-8-11/h6,8-9,12,15H,4-5,7H2,1-3H3. The van der Waals surface area contributed by atoms with Crippen LogP contribution in [0, 0.1) is 12.8 Å². The third-order valence-electron chi connectivity index (χ3n) is 3.89. The van der Waals surface area contributed by atoms with Crippen molar-refractivity contribution in [2.75, 3.05) is 0 Å². The van der Waals surface area contributed by atoms with Crippen LogP contribution in [0.4, 0.5) is 0 Å². The maximum Gasteiger partial charge on any atom is 0.157 e.